The second-order valence-electron chi connectivity index (χ2n) is 4.03. The summed E-state index contributed by atoms with van der Waals surface area (Å²) in [6.45, 7) is 0.0245. The van der Waals surface area contributed by atoms with E-state index in [4.69, 9.17) is 13.7 Å². The summed E-state index contributed by atoms with van der Waals surface area (Å²) in [4.78, 5) is 13.9. The Hall–Kier alpha value is -3.16. The third-order valence-corrected chi connectivity index (χ3v) is 2.62. The fourth-order valence-electron chi connectivity index (χ4n) is 1.70. The van der Waals surface area contributed by atoms with E-state index in [2.05, 4.69) is 10.1 Å². The zero-order valence-electron chi connectivity index (χ0n) is 10.6. The Morgan fingerprint density at radius 1 is 1.29 bits per heavy atom. The lowest BCUT2D eigenvalue weighted by molar-refractivity contribution is -0.390. The standard InChI is InChI=1S/C13H9N3O5/c17-16(18)13-11(3-1-5-14-13)20-8-9-7-12(21-15-9)10-4-2-6-19-10/h1-7H,8H2. The van der Waals surface area contributed by atoms with E-state index in [9.17, 15) is 10.1 Å². The van der Waals surface area contributed by atoms with Gasteiger partial charge in [-0.05, 0) is 34.2 Å². The maximum Gasteiger partial charge on any atom is 0.406 e. The Bertz CT molecular complexity index is 751. The van der Waals surface area contributed by atoms with Gasteiger partial charge in [0.05, 0.1) is 6.26 Å². The van der Waals surface area contributed by atoms with Gasteiger partial charge in [-0.15, -0.1) is 0 Å². The molecule has 0 bridgehead atoms. The smallest absolute Gasteiger partial charge is 0.406 e. The van der Waals surface area contributed by atoms with Crippen LogP contribution in [0.3, 0.4) is 0 Å². The summed E-state index contributed by atoms with van der Waals surface area (Å²) in [6.07, 6.45) is 2.85. The molecule has 0 amide bonds. The summed E-state index contributed by atoms with van der Waals surface area (Å²) in [7, 11) is 0. The number of rotatable bonds is 5. The minimum Gasteiger partial charge on any atom is -0.479 e. The molecular formula is C13H9N3O5. The van der Waals surface area contributed by atoms with Crippen LogP contribution in [0.2, 0.25) is 0 Å². The molecule has 3 aromatic rings. The van der Waals surface area contributed by atoms with Crippen molar-refractivity contribution in [1.29, 1.82) is 0 Å². The van der Waals surface area contributed by atoms with E-state index in [1.165, 1.54) is 18.5 Å². The van der Waals surface area contributed by atoms with Crippen molar-refractivity contribution in [3.63, 3.8) is 0 Å². The van der Waals surface area contributed by atoms with Gasteiger partial charge < -0.3 is 23.8 Å². The van der Waals surface area contributed by atoms with Gasteiger partial charge in [0.2, 0.25) is 11.5 Å². The van der Waals surface area contributed by atoms with Gasteiger partial charge in [-0.2, -0.15) is 0 Å². The molecule has 3 rings (SSSR count). The van der Waals surface area contributed by atoms with Gasteiger partial charge in [0.15, 0.2) is 5.76 Å². The molecule has 0 saturated heterocycles. The SMILES string of the molecule is O=[N+]([O-])c1ncccc1OCc1cc(-c2ccco2)on1. The second-order valence-corrected chi connectivity index (χ2v) is 4.03. The monoisotopic (exact) mass is 287 g/mol. The first-order valence-electron chi connectivity index (χ1n) is 5.96. The maximum atomic E-state index is 10.8. The predicted molar refractivity (Wildman–Crippen MR) is 69.4 cm³/mol. The fourth-order valence-corrected chi connectivity index (χ4v) is 1.70. The topological polar surface area (TPSA) is 104 Å². The summed E-state index contributed by atoms with van der Waals surface area (Å²) in [5.41, 5.74) is 0.486. The zero-order chi connectivity index (χ0) is 14.7. The van der Waals surface area contributed by atoms with Crippen molar-refractivity contribution in [3.8, 4) is 17.3 Å². The van der Waals surface area contributed by atoms with E-state index < -0.39 is 4.92 Å². The van der Waals surface area contributed by atoms with Gasteiger partial charge in [0.1, 0.15) is 18.5 Å². The molecule has 0 aliphatic rings. The molecule has 0 aliphatic carbocycles. The van der Waals surface area contributed by atoms with Crippen molar-refractivity contribution >= 4 is 5.82 Å². The predicted octanol–water partition coefficient (Wildman–Crippen LogP) is 2.82. The van der Waals surface area contributed by atoms with Crippen LogP contribution in [0.15, 0.2) is 51.7 Å². The minimum absolute atomic E-state index is 0.0245. The van der Waals surface area contributed by atoms with E-state index in [0.29, 0.717) is 17.2 Å². The summed E-state index contributed by atoms with van der Waals surface area (Å²) >= 11 is 0. The average molecular weight is 287 g/mol. The molecule has 0 N–H and O–H groups in total. The number of nitrogens with zero attached hydrogens (tertiary/aromatic N) is 3. The lowest BCUT2D eigenvalue weighted by atomic mass is 10.3. The summed E-state index contributed by atoms with van der Waals surface area (Å²) in [5.74, 6) is 0.734. The number of hydrogen-bond acceptors (Lipinski definition) is 7. The Balaban J connectivity index is 1.73. The lowest BCUT2D eigenvalue weighted by Gasteiger charge is -2.03. The van der Waals surface area contributed by atoms with Crippen LogP contribution >= 0.6 is 0 Å². The molecule has 3 aromatic heterocycles. The molecule has 21 heavy (non-hydrogen) atoms. The second kappa shape index (κ2) is 5.45. The minimum atomic E-state index is -0.605. The van der Waals surface area contributed by atoms with Gasteiger partial charge >= 0.3 is 5.82 Å². The average Bonchev–Trinajstić information content (AvgIpc) is 3.16. The number of pyridine rings is 1. The van der Waals surface area contributed by atoms with E-state index >= 15 is 0 Å². The van der Waals surface area contributed by atoms with Gasteiger partial charge in [-0.3, -0.25) is 0 Å². The van der Waals surface area contributed by atoms with E-state index in [-0.39, 0.29) is 18.2 Å². The molecule has 0 saturated carbocycles. The van der Waals surface area contributed by atoms with E-state index in [1.807, 2.05) is 0 Å². The number of furan rings is 1. The molecular weight excluding hydrogens is 278 g/mol. The molecule has 0 aliphatic heterocycles. The molecule has 3 heterocycles. The van der Waals surface area contributed by atoms with Crippen LogP contribution in [-0.4, -0.2) is 15.1 Å². The number of aromatic nitrogens is 2. The molecule has 8 nitrogen and oxygen atoms in total. The van der Waals surface area contributed by atoms with Crippen LogP contribution in [-0.2, 0) is 6.61 Å². The Kier molecular flexibility index (Phi) is 3.34. The van der Waals surface area contributed by atoms with Crippen LogP contribution in [0, 0.1) is 10.1 Å². The van der Waals surface area contributed by atoms with Crippen molar-refractivity contribution in [2.24, 2.45) is 0 Å². The first-order chi connectivity index (χ1) is 10.2. The molecule has 0 radical (unpaired) electrons. The van der Waals surface area contributed by atoms with Crippen molar-refractivity contribution in [1.82, 2.24) is 10.1 Å². The van der Waals surface area contributed by atoms with Crippen LogP contribution in [0.25, 0.3) is 11.5 Å². The first-order valence-corrected chi connectivity index (χ1v) is 5.96. The Morgan fingerprint density at radius 3 is 2.95 bits per heavy atom. The lowest BCUT2D eigenvalue weighted by Crippen LogP contribution is -2.00. The van der Waals surface area contributed by atoms with Crippen molar-refractivity contribution in [2.45, 2.75) is 6.61 Å². The normalized spacial score (nSPS) is 10.5. The zero-order valence-corrected chi connectivity index (χ0v) is 10.6. The van der Waals surface area contributed by atoms with Crippen LogP contribution in [0.1, 0.15) is 5.69 Å². The number of nitro groups is 1. The maximum absolute atomic E-state index is 10.8. The molecule has 0 unspecified atom stereocenters. The molecule has 0 fully saturated rings. The highest BCUT2D eigenvalue weighted by Crippen LogP contribution is 2.25. The third kappa shape index (κ3) is 2.73. The summed E-state index contributed by atoms with van der Waals surface area (Å²) in [5, 5.41) is 14.6. The van der Waals surface area contributed by atoms with Crippen molar-refractivity contribution in [2.75, 3.05) is 0 Å². The largest absolute Gasteiger partial charge is 0.479 e. The molecule has 8 heteroatoms. The van der Waals surface area contributed by atoms with Crippen LogP contribution in [0.5, 0.6) is 5.75 Å². The Labute approximate surface area is 118 Å². The highest BCUT2D eigenvalue weighted by Gasteiger charge is 2.16. The third-order valence-electron chi connectivity index (χ3n) is 2.62. The molecule has 0 atom stereocenters. The van der Waals surface area contributed by atoms with Crippen LogP contribution in [0.4, 0.5) is 5.82 Å². The van der Waals surface area contributed by atoms with E-state index in [0.717, 1.165) is 0 Å². The van der Waals surface area contributed by atoms with Crippen molar-refractivity contribution < 1.29 is 18.6 Å². The fraction of sp³-hybridized carbons (Fsp3) is 0.0769. The van der Waals surface area contributed by atoms with Crippen LogP contribution < -0.4 is 4.74 Å². The highest BCUT2D eigenvalue weighted by atomic mass is 16.6. The number of hydrogen-bond donors (Lipinski definition) is 0. The Morgan fingerprint density at radius 2 is 2.19 bits per heavy atom. The van der Waals surface area contributed by atoms with Crippen molar-refractivity contribution in [3.05, 3.63) is 58.6 Å². The summed E-state index contributed by atoms with van der Waals surface area (Å²) < 4.78 is 15.6. The van der Waals surface area contributed by atoms with Gasteiger partial charge in [-0.25, -0.2) is 0 Å². The molecule has 106 valence electrons. The number of ether oxygens (including phenoxy) is 1. The van der Waals surface area contributed by atoms with Gasteiger partial charge in [-0.1, -0.05) is 5.16 Å². The highest BCUT2D eigenvalue weighted by molar-refractivity contribution is 5.49. The molecule has 0 spiro atoms. The summed E-state index contributed by atoms with van der Waals surface area (Å²) in [6, 6.07) is 8.13. The van der Waals surface area contributed by atoms with E-state index in [1.54, 1.807) is 24.3 Å². The van der Waals surface area contributed by atoms with Gasteiger partial charge in [0, 0.05) is 6.07 Å². The first kappa shape index (κ1) is 12.9. The molecule has 0 aromatic carbocycles. The quantitative estimate of drug-likeness (QED) is 0.524. The van der Waals surface area contributed by atoms with Gasteiger partial charge in [0.25, 0.3) is 0 Å².